The van der Waals surface area contributed by atoms with Crippen molar-refractivity contribution in [3.05, 3.63) is 46.7 Å². The van der Waals surface area contributed by atoms with E-state index in [1.165, 1.54) is 37.4 Å². The Morgan fingerprint density at radius 3 is 2.64 bits per heavy atom. The molecule has 2 heterocycles. The van der Waals surface area contributed by atoms with Crippen LogP contribution in [0.25, 0.3) is 0 Å². The molecule has 1 aliphatic rings. The molecule has 25 heavy (non-hydrogen) atoms. The van der Waals surface area contributed by atoms with E-state index in [-0.39, 0.29) is 0 Å². The molecular weight excluding hydrogens is 350 g/mol. The van der Waals surface area contributed by atoms with Gasteiger partial charge in [0.15, 0.2) is 5.11 Å². The number of thiophene rings is 1. The molecule has 0 bridgehead atoms. The van der Waals surface area contributed by atoms with Crippen LogP contribution in [-0.2, 0) is 6.54 Å². The topological polar surface area (TPSA) is 37.7 Å². The second kappa shape index (κ2) is 9.17. The Balaban J connectivity index is 1.35. The van der Waals surface area contributed by atoms with Crippen LogP contribution >= 0.6 is 23.6 Å². The van der Waals surface area contributed by atoms with Crippen molar-refractivity contribution < 1.29 is 9.64 Å². The minimum atomic E-state index is 0.693. The van der Waals surface area contributed by atoms with Crippen molar-refractivity contribution in [2.75, 3.05) is 32.1 Å². The molecule has 1 saturated heterocycles. The fraction of sp³-hybridized carbons (Fsp3) is 0.421. The van der Waals surface area contributed by atoms with E-state index in [2.05, 4.69) is 28.1 Å². The molecule has 0 atom stereocenters. The highest BCUT2D eigenvalue weighted by molar-refractivity contribution is 7.80. The summed E-state index contributed by atoms with van der Waals surface area (Å²) >= 11 is 7.28. The number of benzene rings is 1. The maximum atomic E-state index is 5.41. The fourth-order valence-corrected chi connectivity index (χ4v) is 4.19. The van der Waals surface area contributed by atoms with Crippen molar-refractivity contribution in [1.29, 1.82) is 0 Å². The minimum absolute atomic E-state index is 0.693. The van der Waals surface area contributed by atoms with Gasteiger partial charge in [-0.15, -0.1) is 11.3 Å². The molecule has 2 aromatic rings. The number of quaternary nitrogens is 1. The van der Waals surface area contributed by atoms with Crippen LogP contribution in [0, 0.1) is 5.92 Å². The van der Waals surface area contributed by atoms with Gasteiger partial charge in [0, 0.05) is 25.1 Å². The summed E-state index contributed by atoms with van der Waals surface area (Å²) in [6, 6.07) is 12.2. The molecule has 0 radical (unpaired) electrons. The number of piperidine rings is 1. The van der Waals surface area contributed by atoms with E-state index in [0.29, 0.717) is 11.0 Å². The Morgan fingerprint density at radius 1 is 1.24 bits per heavy atom. The maximum Gasteiger partial charge on any atom is 0.170 e. The number of nitrogens with one attached hydrogen (secondary N) is 3. The van der Waals surface area contributed by atoms with Crippen LogP contribution < -0.4 is 20.3 Å². The van der Waals surface area contributed by atoms with Crippen molar-refractivity contribution in [1.82, 2.24) is 5.32 Å². The van der Waals surface area contributed by atoms with Crippen LogP contribution in [0.4, 0.5) is 5.69 Å². The molecular formula is C19H26N3OS2+. The first kappa shape index (κ1) is 18.2. The Morgan fingerprint density at radius 2 is 2.00 bits per heavy atom. The fourth-order valence-electron chi connectivity index (χ4n) is 3.21. The number of likely N-dealkylation sites (tertiary alicyclic amines) is 1. The second-order valence-electron chi connectivity index (χ2n) is 6.51. The van der Waals surface area contributed by atoms with Gasteiger partial charge in [-0.3, -0.25) is 0 Å². The summed E-state index contributed by atoms with van der Waals surface area (Å²) < 4.78 is 5.16. The Hall–Kier alpha value is -1.63. The number of methoxy groups -OCH3 is 1. The number of hydrogen-bond donors (Lipinski definition) is 3. The first-order valence-corrected chi connectivity index (χ1v) is 10.1. The molecule has 1 aliphatic heterocycles. The average Bonchev–Trinajstić information content (AvgIpc) is 3.15. The number of anilines is 1. The van der Waals surface area contributed by atoms with Crippen molar-refractivity contribution in [3.63, 3.8) is 0 Å². The maximum absolute atomic E-state index is 5.41. The summed E-state index contributed by atoms with van der Waals surface area (Å²) in [5.41, 5.74) is 0.980. The van der Waals surface area contributed by atoms with Gasteiger partial charge < -0.3 is 20.3 Å². The van der Waals surface area contributed by atoms with Crippen LogP contribution in [0.2, 0.25) is 0 Å². The van der Waals surface area contributed by atoms with E-state index < -0.39 is 0 Å². The Kier molecular flexibility index (Phi) is 6.67. The summed E-state index contributed by atoms with van der Waals surface area (Å²) in [5, 5.41) is 9.47. The third-order valence-electron chi connectivity index (χ3n) is 4.72. The van der Waals surface area contributed by atoms with Gasteiger partial charge in [0.25, 0.3) is 0 Å². The molecule has 3 N–H and O–H groups in total. The summed E-state index contributed by atoms with van der Waals surface area (Å²) in [6.07, 6.45) is 2.53. The number of thiocarbonyl (C=S) groups is 1. The van der Waals surface area contributed by atoms with E-state index in [0.717, 1.165) is 18.0 Å². The molecule has 0 unspecified atom stereocenters. The van der Waals surface area contributed by atoms with Crippen LogP contribution in [0.5, 0.6) is 5.75 Å². The molecule has 134 valence electrons. The summed E-state index contributed by atoms with van der Waals surface area (Å²) in [4.78, 5) is 3.20. The normalized spacial score (nSPS) is 20.0. The van der Waals surface area contributed by atoms with E-state index in [9.17, 15) is 0 Å². The van der Waals surface area contributed by atoms with Gasteiger partial charge in [0.05, 0.1) is 25.1 Å². The summed E-state index contributed by atoms with van der Waals surface area (Å²) in [6.45, 7) is 4.63. The quantitative estimate of drug-likeness (QED) is 0.678. The Bertz CT molecular complexity index is 650. The largest absolute Gasteiger partial charge is 0.497 e. The molecule has 1 aromatic carbocycles. The predicted molar refractivity (Wildman–Crippen MR) is 109 cm³/mol. The molecule has 6 heteroatoms. The number of hydrogen-bond acceptors (Lipinski definition) is 3. The number of rotatable bonds is 6. The first-order valence-electron chi connectivity index (χ1n) is 8.78. The summed E-state index contributed by atoms with van der Waals surface area (Å²) in [7, 11) is 1.67. The first-order chi connectivity index (χ1) is 12.2. The molecule has 4 nitrogen and oxygen atoms in total. The zero-order valence-electron chi connectivity index (χ0n) is 14.6. The lowest BCUT2D eigenvalue weighted by Gasteiger charge is -2.29. The smallest absolute Gasteiger partial charge is 0.170 e. The molecule has 1 fully saturated rings. The van der Waals surface area contributed by atoms with E-state index in [1.54, 1.807) is 12.0 Å². The highest BCUT2D eigenvalue weighted by atomic mass is 32.1. The van der Waals surface area contributed by atoms with E-state index in [4.69, 9.17) is 17.0 Å². The van der Waals surface area contributed by atoms with Crippen LogP contribution in [0.3, 0.4) is 0 Å². The third-order valence-corrected chi connectivity index (χ3v) is 5.84. The molecule has 0 saturated carbocycles. The van der Waals surface area contributed by atoms with Crippen molar-refractivity contribution in [3.8, 4) is 5.75 Å². The number of ether oxygens (including phenoxy) is 1. The van der Waals surface area contributed by atoms with Crippen LogP contribution in [-0.4, -0.2) is 31.9 Å². The Labute approximate surface area is 159 Å². The lowest BCUT2D eigenvalue weighted by Crippen LogP contribution is -3.11. The van der Waals surface area contributed by atoms with Crippen LogP contribution in [0.15, 0.2) is 41.8 Å². The molecule has 0 aliphatic carbocycles. The van der Waals surface area contributed by atoms with Crippen LogP contribution in [0.1, 0.15) is 17.7 Å². The third kappa shape index (κ3) is 5.70. The minimum Gasteiger partial charge on any atom is -0.497 e. The van der Waals surface area contributed by atoms with Gasteiger partial charge in [-0.05, 0) is 53.8 Å². The second-order valence-corrected chi connectivity index (χ2v) is 7.95. The van der Waals surface area contributed by atoms with Gasteiger partial charge >= 0.3 is 0 Å². The van der Waals surface area contributed by atoms with Gasteiger partial charge in [-0.2, -0.15) is 0 Å². The molecule has 1 aromatic heterocycles. The zero-order chi connectivity index (χ0) is 17.5. The average molecular weight is 377 g/mol. The van der Waals surface area contributed by atoms with Crippen molar-refractivity contribution >= 4 is 34.4 Å². The highest BCUT2D eigenvalue weighted by Gasteiger charge is 2.22. The van der Waals surface area contributed by atoms with Gasteiger partial charge in [0.2, 0.25) is 0 Å². The zero-order valence-corrected chi connectivity index (χ0v) is 16.2. The molecule has 3 rings (SSSR count). The van der Waals surface area contributed by atoms with E-state index >= 15 is 0 Å². The van der Waals surface area contributed by atoms with Gasteiger partial charge in [-0.25, -0.2) is 0 Å². The molecule has 0 amide bonds. The monoisotopic (exact) mass is 376 g/mol. The molecule has 0 spiro atoms. The SMILES string of the molecule is COc1ccc(NC(=S)NCC2CC[NH+](Cc3cccs3)CC2)cc1. The summed E-state index contributed by atoms with van der Waals surface area (Å²) in [5.74, 6) is 1.56. The van der Waals surface area contributed by atoms with Gasteiger partial charge in [0.1, 0.15) is 12.3 Å². The highest BCUT2D eigenvalue weighted by Crippen LogP contribution is 2.15. The lowest BCUT2D eigenvalue weighted by atomic mass is 9.97. The standard InChI is InChI=1S/C19H25N3OS2/c1-23-17-6-4-16(5-7-17)21-19(24)20-13-15-8-10-22(11-9-15)14-18-3-2-12-25-18/h2-7,12,15H,8-11,13-14H2,1H3,(H2,20,21,24)/p+1. The van der Waals surface area contributed by atoms with E-state index in [1.807, 2.05) is 35.6 Å². The predicted octanol–water partition coefficient (Wildman–Crippen LogP) is 2.54. The lowest BCUT2D eigenvalue weighted by molar-refractivity contribution is -0.919. The van der Waals surface area contributed by atoms with Crippen molar-refractivity contribution in [2.45, 2.75) is 19.4 Å². The van der Waals surface area contributed by atoms with Gasteiger partial charge in [-0.1, -0.05) is 6.07 Å². The van der Waals surface area contributed by atoms with Crippen molar-refractivity contribution in [2.24, 2.45) is 5.92 Å².